The summed E-state index contributed by atoms with van der Waals surface area (Å²) in [6, 6.07) is 4.02. The van der Waals surface area contributed by atoms with Crippen molar-refractivity contribution >= 4 is 39.1 Å². The average molecular weight is 348 g/mol. The molecule has 0 unspecified atom stereocenters. The van der Waals surface area contributed by atoms with E-state index in [4.69, 9.17) is 16.3 Å². The summed E-state index contributed by atoms with van der Waals surface area (Å²) in [5.41, 5.74) is 0.582. The summed E-state index contributed by atoms with van der Waals surface area (Å²) in [6.07, 6.45) is 2.87. The van der Waals surface area contributed by atoms with Crippen LogP contribution in [-0.4, -0.2) is 25.6 Å². The summed E-state index contributed by atoms with van der Waals surface area (Å²) in [5, 5.41) is 6.66. The second kappa shape index (κ2) is 6.59. The third-order valence-electron chi connectivity index (χ3n) is 2.85. The van der Waals surface area contributed by atoms with Crippen LogP contribution in [0, 0.1) is 0 Å². The normalized spacial score (nSPS) is 14.3. The molecule has 1 aromatic carbocycles. The van der Waals surface area contributed by atoms with Gasteiger partial charge >= 0.3 is 0 Å². The first-order valence-electron chi connectivity index (χ1n) is 6.16. The number of hydrogen-bond acceptors (Lipinski definition) is 3. The number of ether oxygens (including phenoxy) is 1. The molecule has 2 N–H and O–H groups in total. The third kappa shape index (κ3) is 4.37. The number of anilines is 1. The van der Waals surface area contributed by atoms with Crippen LogP contribution in [-0.2, 0) is 4.79 Å². The highest BCUT2D eigenvalue weighted by molar-refractivity contribution is 9.10. The fraction of sp³-hybridized carbons (Fsp3) is 0.462. The minimum Gasteiger partial charge on any atom is -0.493 e. The first-order chi connectivity index (χ1) is 9.10. The zero-order valence-electron chi connectivity index (χ0n) is 10.6. The van der Waals surface area contributed by atoms with E-state index in [2.05, 4.69) is 26.6 Å². The Morgan fingerprint density at radius 3 is 2.89 bits per heavy atom. The van der Waals surface area contributed by atoms with Gasteiger partial charge in [0.15, 0.2) is 5.75 Å². The van der Waals surface area contributed by atoms with Crippen LogP contribution in [0.15, 0.2) is 16.6 Å². The van der Waals surface area contributed by atoms with Crippen LogP contribution in [0.1, 0.15) is 19.3 Å². The molecule has 0 radical (unpaired) electrons. The Kier molecular flexibility index (Phi) is 5.07. The molecule has 0 aliphatic heterocycles. The van der Waals surface area contributed by atoms with Crippen molar-refractivity contribution in [3.05, 3.63) is 21.6 Å². The van der Waals surface area contributed by atoms with Crippen molar-refractivity contribution in [1.29, 1.82) is 0 Å². The van der Waals surface area contributed by atoms with E-state index in [0.717, 1.165) is 0 Å². The minimum absolute atomic E-state index is 0.0550. The lowest BCUT2D eigenvalue weighted by atomic mass is 10.2. The Hall–Kier alpha value is -0.780. The molecule has 0 bridgehead atoms. The van der Waals surface area contributed by atoms with Crippen LogP contribution < -0.4 is 15.4 Å². The molecular formula is C13H16BrClN2O2. The van der Waals surface area contributed by atoms with Crippen molar-refractivity contribution in [1.82, 2.24) is 5.32 Å². The minimum atomic E-state index is -0.0550. The Morgan fingerprint density at radius 1 is 1.53 bits per heavy atom. The zero-order chi connectivity index (χ0) is 13.8. The van der Waals surface area contributed by atoms with Crippen molar-refractivity contribution in [2.75, 3.05) is 19.0 Å². The quantitative estimate of drug-likeness (QED) is 0.831. The maximum absolute atomic E-state index is 11.8. The number of methoxy groups -OCH3 is 1. The number of rotatable bonds is 6. The van der Waals surface area contributed by atoms with Gasteiger partial charge in [-0.3, -0.25) is 4.79 Å². The van der Waals surface area contributed by atoms with Crippen molar-refractivity contribution in [2.45, 2.75) is 25.3 Å². The molecule has 0 aromatic heterocycles. The van der Waals surface area contributed by atoms with Gasteiger partial charge in [0.1, 0.15) is 0 Å². The lowest BCUT2D eigenvalue weighted by Gasteiger charge is -2.12. The molecule has 0 heterocycles. The SMILES string of the molecule is COc1c(Br)cc(Cl)cc1NC(=O)CCNC1CC1. The van der Waals surface area contributed by atoms with Crippen LogP contribution >= 0.6 is 27.5 Å². The van der Waals surface area contributed by atoms with Gasteiger partial charge in [0.2, 0.25) is 5.91 Å². The molecule has 1 aliphatic carbocycles. The lowest BCUT2D eigenvalue weighted by molar-refractivity contribution is -0.116. The first-order valence-corrected chi connectivity index (χ1v) is 7.33. The van der Waals surface area contributed by atoms with Crippen LogP contribution in [0.25, 0.3) is 0 Å². The largest absolute Gasteiger partial charge is 0.493 e. The van der Waals surface area contributed by atoms with Gasteiger partial charge in [0.25, 0.3) is 0 Å². The zero-order valence-corrected chi connectivity index (χ0v) is 13.0. The van der Waals surface area contributed by atoms with E-state index < -0.39 is 0 Å². The molecule has 1 aliphatic rings. The fourth-order valence-electron chi connectivity index (χ4n) is 1.75. The number of carbonyl (C=O) groups excluding carboxylic acids is 1. The number of carbonyl (C=O) groups is 1. The standard InChI is InChI=1S/C13H16BrClN2O2/c1-19-13-10(14)6-8(15)7-11(13)17-12(18)4-5-16-9-2-3-9/h6-7,9,16H,2-5H2,1H3,(H,17,18). The summed E-state index contributed by atoms with van der Waals surface area (Å²) < 4.78 is 5.97. The summed E-state index contributed by atoms with van der Waals surface area (Å²) in [4.78, 5) is 11.8. The maximum atomic E-state index is 11.8. The Morgan fingerprint density at radius 2 is 2.26 bits per heavy atom. The van der Waals surface area contributed by atoms with Crippen molar-refractivity contribution in [3.8, 4) is 5.75 Å². The molecule has 1 aromatic rings. The lowest BCUT2D eigenvalue weighted by Crippen LogP contribution is -2.23. The molecule has 0 atom stereocenters. The van der Waals surface area contributed by atoms with E-state index in [1.165, 1.54) is 12.8 Å². The van der Waals surface area contributed by atoms with E-state index in [-0.39, 0.29) is 5.91 Å². The number of amides is 1. The van der Waals surface area contributed by atoms with E-state index in [9.17, 15) is 4.79 Å². The third-order valence-corrected chi connectivity index (χ3v) is 3.66. The smallest absolute Gasteiger partial charge is 0.225 e. The molecule has 4 nitrogen and oxygen atoms in total. The molecule has 0 spiro atoms. The van der Waals surface area contributed by atoms with Gasteiger partial charge < -0.3 is 15.4 Å². The monoisotopic (exact) mass is 346 g/mol. The number of nitrogens with one attached hydrogen (secondary N) is 2. The molecule has 1 saturated carbocycles. The molecule has 2 rings (SSSR count). The van der Waals surface area contributed by atoms with Gasteiger partial charge in [0, 0.05) is 24.0 Å². The Balaban J connectivity index is 1.94. The van der Waals surface area contributed by atoms with Gasteiger partial charge in [-0.05, 0) is 40.9 Å². The van der Waals surface area contributed by atoms with Gasteiger partial charge in [-0.25, -0.2) is 0 Å². The van der Waals surface area contributed by atoms with Crippen LogP contribution in [0.3, 0.4) is 0 Å². The Bertz CT molecular complexity index is 478. The number of halogens is 2. The molecule has 1 fully saturated rings. The van der Waals surface area contributed by atoms with Gasteiger partial charge in [-0.1, -0.05) is 11.6 Å². The predicted molar refractivity (Wildman–Crippen MR) is 80.0 cm³/mol. The van der Waals surface area contributed by atoms with E-state index in [1.807, 2.05) is 0 Å². The van der Waals surface area contributed by atoms with E-state index in [1.54, 1.807) is 19.2 Å². The van der Waals surface area contributed by atoms with Gasteiger partial charge in [-0.15, -0.1) is 0 Å². The molecule has 1 amide bonds. The van der Waals surface area contributed by atoms with Gasteiger partial charge in [-0.2, -0.15) is 0 Å². The summed E-state index contributed by atoms with van der Waals surface area (Å²) in [5.74, 6) is 0.522. The second-order valence-electron chi connectivity index (χ2n) is 4.49. The van der Waals surface area contributed by atoms with E-state index >= 15 is 0 Å². The highest BCUT2D eigenvalue weighted by Crippen LogP contribution is 2.36. The Labute approximate surface area is 126 Å². The number of hydrogen-bond donors (Lipinski definition) is 2. The van der Waals surface area contributed by atoms with Crippen LogP contribution in [0.5, 0.6) is 5.75 Å². The second-order valence-corrected chi connectivity index (χ2v) is 5.79. The average Bonchev–Trinajstić information content (AvgIpc) is 3.12. The van der Waals surface area contributed by atoms with Crippen LogP contribution in [0.2, 0.25) is 5.02 Å². The van der Waals surface area contributed by atoms with Crippen molar-refractivity contribution < 1.29 is 9.53 Å². The topological polar surface area (TPSA) is 50.4 Å². The molecule has 6 heteroatoms. The molecule has 19 heavy (non-hydrogen) atoms. The highest BCUT2D eigenvalue weighted by atomic mass is 79.9. The first kappa shape index (κ1) is 14.6. The number of benzene rings is 1. The van der Waals surface area contributed by atoms with Gasteiger partial charge in [0.05, 0.1) is 17.3 Å². The van der Waals surface area contributed by atoms with Crippen molar-refractivity contribution in [3.63, 3.8) is 0 Å². The van der Waals surface area contributed by atoms with Crippen LogP contribution in [0.4, 0.5) is 5.69 Å². The summed E-state index contributed by atoms with van der Waals surface area (Å²) in [6.45, 7) is 0.695. The maximum Gasteiger partial charge on any atom is 0.225 e. The molecule has 0 saturated heterocycles. The van der Waals surface area contributed by atoms with Crippen molar-refractivity contribution in [2.24, 2.45) is 0 Å². The summed E-state index contributed by atoms with van der Waals surface area (Å²) >= 11 is 9.32. The summed E-state index contributed by atoms with van der Waals surface area (Å²) in [7, 11) is 1.55. The molecular weight excluding hydrogens is 332 g/mol. The van der Waals surface area contributed by atoms with E-state index in [0.29, 0.717) is 39.9 Å². The highest BCUT2D eigenvalue weighted by Gasteiger charge is 2.20. The predicted octanol–water partition coefficient (Wildman–Crippen LogP) is 3.19. The fourth-order valence-corrected chi connectivity index (χ4v) is 2.72. The molecule has 104 valence electrons.